The van der Waals surface area contributed by atoms with Crippen LogP contribution in [-0.2, 0) is 9.53 Å². The lowest BCUT2D eigenvalue weighted by molar-refractivity contribution is -0.169. The summed E-state index contributed by atoms with van der Waals surface area (Å²) in [5.74, 6) is -2.07. The fourth-order valence-corrected chi connectivity index (χ4v) is 1.31. The summed E-state index contributed by atoms with van der Waals surface area (Å²) >= 11 is 0. The van der Waals surface area contributed by atoms with Crippen LogP contribution in [0, 0.1) is 5.92 Å². The van der Waals surface area contributed by atoms with Gasteiger partial charge in [0.2, 0.25) is 0 Å². The van der Waals surface area contributed by atoms with Crippen molar-refractivity contribution in [2.45, 2.75) is 18.6 Å². The van der Waals surface area contributed by atoms with Gasteiger partial charge in [0.05, 0.1) is 13.0 Å². The summed E-state index contributed by atoms with van der Waals surface area (Å²) < 4.78 is 40.7. The van der Waals surface area contributed by atoms with Gasteiger partial charge in [-0.2, -0.15) is 13.2 Å². The Hall–Kier alpha value is -0.490. The first-order valence-electron chi connectivity index (χ1n) is 3.83. The topological polar surface area (TPSA) is 38.3 Å². The zero-order valence-corrected chi connectivity index (χ0v) is 8.24. The number of hydrogen-bond donors (Lipinski definition) is 1. The Labute approximate surface area is 85.4 Å². The molecule has 0 aromatic carbocycles. The predicted octanol–water partition coefficient (Wildman–Crippen LogP) is 1.12. The normalized spacial score (nSPS) is 26.9. The molecular weight excluding hydrogens is 223 g/mol. The summed E-state index contributed by atoms with van der Waals surface area (Å²) in [5, 5.41) is 2.47. The van der Waals surface area contributed by atoms with Crippen LogP contribution >= 0.6 is 12.4 Å². The van der Waals surface area contributed by atoms with E-state index in [4.69, 9.17) is 0 Å². The molecule has 1 heterocycles. The van der Waals surface area contributed by atoms with Crippen LogP contribution < -0.4 is 5.32 Å². The van der Waals surface area contributed by atoms with Gasteiger partial charge in [-0.25, -0.2) is 0 Å². The van der Waals surface area contributed by atoms with Crippen LogP contribution in [-0.4, -0.2) is 31.8 Å². The molecule has 1 rings (SSSR count). The molecule has 1 aliphatic heterocycles. The Kier molecular flexibility index (Phi) is 4.67. The van der Waals surface area contributed by atoms with E-state index in [9.17, 15) is 18.0 Å². The molecule has 0 saturated carbocycles. The first kappa shape index (κ1) is 13.5. The lowest BCUT2D eigenvalue weighted by Gasteiger charge is -2.12. The minimum Gasteiger partial charge on any atom is -0.468 e. The quantitative estimate of drug-likeness (QED) is 0.690. The number of methoxy groups -OCH3 is 1. The fourth-order valence-electron chi connectivity index (χ4n) is 1.31. The number of carbonyl (C=O) groups excluding carboxylic acids is 1. The largest absolute Gasteiger partial charge is 0.468 e. The van der Waals surface area contributed by atoms with E-state index >= 15 is 0 Å². The molecule has 0 radical (unpaired) electrons. The van der Waals surface area contributed by atoms with Crippen molar-refractivity contribution in [3.63, 3.8) is 0 Å². The van der Waals surface area contributed by atoms with Crippen molar-refractivity contribution < 1.29 is 22.7 Å². The van der Waals surface area contributed by atoms with Gasteiger partial charge >= 0.3 is 12.1 Å². The van der Waals surface area contributed by atoms with E-state index in [0.29, 0.717) is 0 Å². The maximum Gasteiger partial charge on any atom is 0.393 e. The van der Waals surface area contributed by atoms with Gasteiger partial charge in [-0.3, -0.25) is 4.79 Å². The third-order valence-corrected chi connectivity index (χ3v) is 2.08. The van der Waals surface area contributed by atoms with Gasteiger partial charge in [0.1, 0.15) is 6.04 Å². The summed E-state index contributed by atoms with van der Waals surface area (Å²) in [6, 6.07) is -0.809. The van der Waals surface area contributed by atoms with E-state index in [2.05, 4.69) is 10.1 Å². The molecule has 0 bridgehead atoms. The molecule has 7 heteroatoms. The molecular formula is C7H11ClF3NO2. The van der Waals surface area contributed by atoms with Crippen LogP contribution in [0.25, 0.3) is 0 Å². The highest BCUT2D eigenvalue weighted by Crippen LogP contribution is 2.32. The number of halogens is 4. The van der Waals surface area contributed by atoms with Crippen LogP contribution in [0.15, 0.2) is 0 Å². The SMILES string of the molecule is COC(=O)C1CC(C(F)(F)F)CN1.Cl. The van der Waals surface area contributed by atoms with Crippen molar-refractivity contribution >= 4 is 18.4 Å². The van der Waals surface area contributed by atoms with Crippen molar-refractivity contribution in [2.24, 2.45) is 5.92 Å². The number of esters is 1. The van der Waals surface area contributed by atoms with Crippen molar-refractivity contribution in [1.82, 2.24) is 5.32 Å². The lowest BCUT2D eigenvalue weighted by Crippen LogP contribution is -2.31. The van der Waals surface area contributed by atoms with E-state index in [1.54, 1.807) is 0 Å². The number of alkyl halides is 3. The van der Waals surface area contributed by atoms with E-state index in [1.807, 2.05) is 0 Å². The maximum atomic E-state index is 12.1. The fraction of sp³-hybridized carbons (Fsp3) is 0.857. The van der Waals surface area contributed by atoms with Crippen LogP contribution in [0.1, 0.15) is 6.42 Å². The standard InChI is InChI=1S/C7H10F3NO2.ClH/c1-13-6(12)5-2-4(3-11-5)7(8,9)10;/h4-5,11H,2-3H2,1H3;1H. The van der Waals surface area contributed by atoms with Crippen molar-refractivity contribution in [3.05, 3.63) is 0 Å². The number of rotatable bonds is 1. The van der Waals surface area contributed by atoms with Crippen LogP contribution in [0.2, 0.25) is 0 Å². The van der Waals surface area contributed by atoms with E-state index in [-0.39, 0.29) is 25.4 Å². The molecule has 0 aliphatic carbocycles. The van der Waals surface area contributed by atoms with Gasteiger partial charge in [-0.15, -0.1) is 12.4 Å². The Bertz CT molecular complexity index is 210. The molecule has 1 fully saturated rings. The second kappa shape index (κ2) is 4.84. The molecule has 1 aliphatic rings. The van der Waals surface area contributed by atoms with Crippen LogP contribution in [0.4, 0.5) is 13.2 Å². The van der Waals surface area contributed by atoms with Crippen LogP contribution in [0.5, 0.6) is 0 Å². The molecule has 84 valence electrons. The molecule has 2 atom stereocenters. The summed E-state index contributed by atoms with van der Waals surface area (Å²) in [6.07, 6.45) is -4.45. The lowest BCUT2D eigenvalue weighted by atomic mass is 10.1. The van der Waals surface area contributed by atoms with E-state index < -0.39 is 24.1 Å². The molecule has 14 heavy (non-hydrogen) atoms. The van der Waals surface area contributed by atoms with E-state index in [0.717, 1.165) is 7.11 Å². The zero-order chi connectivity index (χ0) is 10.1. The van der Waals surface area contributed by atoms with Crippen molar-refractivity contribution in [1.29, 1.82) is 0 Å². The minimum absolute atomic E-state index is 0. The van der Waals surface area contributed by atoms with Gasteiger partial charge in [0, 0.05) is 6.54 Å². The number of hydrogen-bond acceptors (Lipinski definition) is 3. The smallest absolute Gasteiger partial charge is 0.393 e. The summed E-state index contributed by atoms with van der Waals surface area (Å²) in [4.78, 5) is 10.8. The third kappa shape index (κ3) is 3.02. The minimum atomic E-state index is -4.23. The number of ether oxygens (including phenoxy) is 1. The van der Waals surface area contributed by atoms with Gasteiger partial charge in [-0.1, -0.05) is 0 Å². The first-order valence-corrected chi connectivity index (χ1v) is 3.83. The zero-order valence-electron chi connectivity index (χ0n) is 7.43. The number of carbonyl (C=O) groups is 1. The first-order chi connectivity index (χ1) is 5.95. The molecule has 0 aromatic heterocycles. The van der Waals surface area contributed by atoms with Crippen LogP contribution in [0.3, 0.4) is 0 Å². The Morgan fingerprint density at radius 3 is 2.43 bits per heavy atom. The van der Waals surface area contributed by atoms with Gasteiger partial charge in [0.25, 0.3) is 0 Å². The second-order valence-electron chi connectivity index (χ2n) is 2.96. The van der Waals surface area contributed by atoms with Crippen molar-refractivity contribution in [3.8, 4) is 0 Å². The molecule has 0 aromatic rings. The Balaban J connectivity index is 0.00000169. The highest BCUT2D eigenvalue weighted by Gasteiger charge is 2.45. The highest BCUT2D eigenvalue weighted by molar-refractivity contribution is 5.85. The summed E-state index contributed by atoms with van der Waals surface area (Å²) in [7, 11) is 1.16. The number of nitrogens with one attached hydrogen (secondary N) is 1. The second-order valence-corrected chi connectivity index (χ2v) is 2.96. The molecule has 1 N–H and O–H groups in total. The Morgan fingerprint density at radius 1 is 1.50 bits per heavy atom. The van der Waals surface area contributed by atoms with Gasteiger partial charge in [-0.05, 0) is 6.42 Å². The Morgan fingerprint density at radius 2 is 2.07 bits per heavy atom. The van der Waals surface area contributed by atoms with Gasteiger partial charge < -0.3 is 10.1 Å². The third-order valence-electron chi connectivity index (χ3n) is 2.08. The molecule has 0 amide bonds. The maximum absolute atomic E-state index is 12.1. The monoisotopic (exact) mass is 233 g/mol. The predicted molar refractivity (Wildman–Crippen MR) is 45.2 cm³/mol. The highest BCUT2D eigenvalue weighted by atomic mass is 35.5. The average molecular weight is 234 g/mol. The average Bonchev–Trinajstić information content (AvgIpc) is 2.50. The molecule has 0 spiro atoms. The summed E-state index contributed by atoms with van der Waals surface area (Å²) in [6.45, 7) is -0.205. The molecule has 2 unspecified atom stereocenters. The van der Waals surface area contributed by atoms with E-state index in [1.165, 1.54) is 0 Å². The van der Waals surface area contributed by atoms with Gasteiger partial charge in [0.15, 0.2) is 0 Å². The molecule has 3 nitrogen and oxygen atoms in total. The molecule has 1 saturated heterocycles. The summed E-state index contributed by atoms with van der Waals surface area (Å²) in [5.41, 5.74) is 0. The van der Waals surface area contributed by atoms with Crippen molar-refractivity contribution in [2.75, 3.05) is 13.7 Å².